The van der Waals surface area contributed by atoms with Crippen LogP contribution in [0.5, 0.6) is 5.75 Å². The summed E-state index contributed by atoms with van der Waals surface area (Å²) in [5.74, 6) is -1.24. The molecule has 2 aromatic heterocycles. The lowest BCUT2D eigenvalue weighted by atomic mass is 10.3. The molecule has 0 saturated carbocycles. The van der Waals surface area contributed by atoms with E-state index < -0.39 is 11.6 Å². The lowest BCUT2D eigenvalue weighted by Crippen LogP contribution is -2.21. The molecule has 1 aromatic carbocycles. The monoisotopic (exact) mass is 291 g/mol. The van der Waals surface area contributed by atoms with Crippen molar-refractivity contribution in [1.29, 1.82) is 0 Å². The van der Waals surface area contributed by atoms with E-state index in [0.29, 0.717) is 21.9 Å². The number of nitrogens with one attached hydrogen (secondary N) is 1. The van der Waals surface area contributed by atoms with Crippen molar-refractivity contribution in [2.75, 3.05) is 6.26 Å². The first kappa shape index (κ1) is 12.7. The third-order valence-corrected chi connectivity index (χ3v) is 3.57. The van der Waals surface area contributed by atoms with Gasteiger partial charge in [-0.15, -0.1) is 0 Å². The molecule has 2 N–H and O–H groups in total. The zero-order valence-electron chi connectivity index (χ0n) is 10.4. The predicted molar refractivity (Wildman–Crippen MR) is 75.1 cm³/mol. The molecule has 3 aromatic rings. The van der Waals surface area contributed by atoms with Gasteiger partial charge in [0.05, 0.1) is 11.1 Å². The number of fused-ring (bicyclic) bond motifs is 1. The molecule has 0 aliphatic heterocycles. The smallest absolute Gasteiger partial charge is 0.268 e. The highest BCUT2D eigenvalue weighted by atomic mass is 32.2. The molecule has 0 fully saturated rings. The molecule has 2 heterocycles. The van der Waals surface area contributed by atoms with Crippen molar-refractivity contribution in [3.05, 3.63) is 46.6 Å². The number of benzene rings is 1. The van der Waals surface area contributed by atoms with Crippen LogP contribution in [0, 0.1) is 5.82 Å². The topological polar surface area (TPSA) is 70.9 Å². The number of H-pyrrole nitrogens is 1. The van der Waals surface area contributed by atoms with Gasteiger partial charge in [0, 0.05) is 12.3 Å². The van der Waals surface area contributed by atoms with Crippen LogP contribution < -0.4 is 5.56 Å². The zero-order valence-corrected chi connectivity index (χ0v) is 11.2. The van der Waals surface area contributed by atoms with Gasteiger partial charge >= 0.3 is 0 Å². The number of aromatic amines is 1. The largest absolute Gasteiger partial charge is 0.505 e. The maximum absolute atomic E-state index is 13.5. The second kappa shape index (κ2) is 4.68. The molecule has 0 radical (unpaired) electrons. The molecule has 0 saturated heterocycles. The standard InChI is InChI=1S/C13H10FN3O2S/c1-20-13-16-11-8(4-5-15-11)12(19)17(13)7-2-3-10(18)9(14)6-7/h2-6,15,18H,1H3. The van der Waals surface area contributed by atoms with Crippen molar-refractivity contribution < 1.29 is 9.50 Å². The van der Waals surface area contributed by atoms with Crippen molar-refractivity contribution in [3.63, 3.8) is 0 Å². The lowest BCUT2D eigenvalue weighted by molar-refractivity contribution is 0.432. The number of hydrogen-bond donors (Lipinski definition) is 2. The van der Waals surface area contributed by atoms with Gasteiger partial charge < -0.3 is 10.1 Å². The fourth-order valence-corrected chi connectivity index (χ4v) is 2.53. The number of nitrogens with zero attached hydrogens (tertiary/aromatic N) is 2. The lowest BCUT2D eigenvalue weighted by Gasteiger charge is -2.10. The Morgan fingerprint density at radius 2 is 2.20 bits per heavy atom. The maximum atomic E-state index is 13.5. The van der Waals surface area contributed by atoms with Crippen molar-refractivity contribution in [2.45, 2.75) is 5.16 Å². The Labute approximate surface area is 117 Å². The summed E-state index contributed by atoms with van der Waals surface area (Å²) in [7, 11) is 0. The number of thioether (sulfide) groups is 1. The number of halogens is 1. The zero-order chi connectivity index (χ0) is 14.3. The Morgan fingerprint density at radius 3 is 2.90 bits per heavy atom. The van der Waals surface area contributed by atoms with Crippen LogP contribution in [0.1, 0.15) is 0 Å². The fourth-order valence-electron chi connectivity index (χ4n) is 1.98. The predicted octanol–water partition coefficient (Wildman–Crippen LogP) is 2.28. The Bertz CT molecular complexity index is 856. The molecule has 0 aliphatic carbocycles. The van der Waals surface area contributed by atoms with Crippen molar-refractivity contribution in [2.24, 2.45) is 0 Å². The van der Waals surface area contributed by atoms with Gasteiger partial charge in [-0.25, -0.2) is 9.37 Å². The van der Waals surface area contributed by atoms with Crippen LogP contribution >= 0.6 is 11.8 Å². The molecule has 0 bridgehead atoms. The van der Waals surface area contributed by atoms with Crippen LogP contribution in [-0.4, -0.2) is 25.9 Å². The van der Waals surface area contributed by atoms with E-state index >= 15 is 0 Å². The minimum Gasteiger partial charge on any atom is -0.505 e. The van der Waals surface area contributed by atoms with E-state index in [1.807, 2.05) is 0 Å². The maximum Gasteiger partial charge on any atom is 0.268 e. The van der Waals surface area contributed by atoms with Crippen molar-refractivity contribution in [1.82, 2.24) is 14.5 Å². The number of hydrogen-bond acceptors (Lipinski definition) is 4. The summed E-state index contributed by atoms with van der Waals surface area (Å²) >= 11 is 1.28. The molecule has 3 rings (SSSR count). The summed E-state index contributed by atoms with van der Waals surface area (Å²) in [6.45, 7) is 0. The quantitative estimate of drug-likeness (QED) is 0.561. The van der Waals surface area contributed by atoms with Crippen molar-refractivity contribution >= 4 is 22.8 Å². The first-order valence-corrected chi connectivity index (χ1v) is 6.97. The van der Waals surface area contributed by atoms with Crippen LogP contribution in [0.25, 0.3) is 16.7 Å². The second-order valence-electron chi connectivity index (χ2n) is 4.11. The van der Waals surface area contributed by atoms with Crippen LogP contribution in [0.4, 0.5) is 4.39 Å². The third kappa shape index (κ3) is 1.87. The van der Waals surface area contributed by atoms with Gasteiger partial charge in [-0.2, -0.15) is 0 Å². The second-order valence-corrected chi connectivity index (χ2v) is 4.89. The highest BCUT2D eigenvalue weighted by Crippen LogP contribution is 2.22. The summed E-state index contributed by atoms with van der Waals surface area (Å²) in [5, 5.41) is 10.1. The van der Waals surface area contributed by atoms with Gasteiger partial charge in [0.15, 0.2) is 16.7 Å². The van der Waals surface area contributed by atoms with Crippen LogP contribution in [0.15, 0.2) is 40.4 Å². The summed E-state index contributed by atoms with van der Waals surface area (Å²) in [5.41, 5.74) is 0.533. The minimum absolute atomic E-state index is 0.286. The molecule has 0 unspecified atom stereocenters. The van der Waals surface area contributed by atoms with Crippen molar-refractivity contribution in [3.8, 4) is 11.4 Å². The number of aromatic hydroxyl groups is 1. The Hall–Kier alpha value is -2.28. The van der Waals surface area contributed by atoms with Crippen LogP contribution in [-0.2, 0) is 0 Å². The molecule has 0 aliphatic rings. The average molecular weight is 291 g/mol. The molecule has 5 nitrogen and oxygen atoms in total. The first-order chi connectivity index (χ1) is 9.61. The third-order valence-electron chi connectivity index (χ3n) is 2.93. The van der Waals surface area contributed by atoms with Gasteiger partial charge in [0.25, 0.3) is 5.56 Å². The normalized spacial score (nSPS) is 11.1. The van der Waals surface area contributed by atoms with Gasteiger partial charge in [0.1, 0.15) is 5.65 Å². The van der Waals surface area contributed by atoms with Crippen LogP contribution in [0.3, 0.4) is 0 Å². The van der Waals surface area contributed by atoms with Gasteiger partial charge in [-0.1, -0.05) is 11.8 Å². The SMILES string of the molecule is CSc1nc2[nH]ccc2c(=O)n1-c1ccc(O)c(F)c1. The molecular formula is C13H10FN3O2S. The van der Waals surface area contributed by atoms with E-state index in [1.54, 1.807) is 18.5 Å². The van der Waals surface area contributed by atoms with Gasteiger partial charge in [-0.05, 0) is 24.5 Å². The van der Waals surface area contributed by atoms with E-state index in [4.69, 9.17) is 0 Å². The van der Waals surface area contributed by atoms with E-state index in [1.165, 1.54) is 28.5 Å². The molecule has 0 atom stereocenters. The highest BCUT2D eigenvalue weighted by Gasteiger charge is 2.14. The van der Waals surface area contributed by atoms with E-state index in [-0.39, 0.29) is 5.56 Å². The molecular weight excluding hydrogens is 281 g/mol. The molecule has 7 heteroatoms. The molecule has 0 amide bonds. The first-order valence-electron chi connectivity index (χ1n) is 5.75. The summed E-state index contributed by atoms with van der Waals surface area (Å²) < 4.78 is 14.8. The van der Waals surface area contributed by atoms with Gasteiger partial charge in [0.2, 0.25) is 0 Å². The summed E-state index contributed by atoms with van der Waals surface area (Å²) in [6, 6.07) is 5.42. The van der Waals surface area contributed by atoms with Gasteiger partial charge in [-0.3, -0.25) is 9.36 Å². The number of rotatable bonds is 2. The summed E-state index contributed by atoms with van der Waals surface area (Å²) in [4.78, 5) is 19.7. The number of aromatic nitrogens is 3. The minimum atomic E-state index is -0.782. The Morgan fingerprint density at radius 1 is 1.40 bits per heavy atom. The number of phenols is 1. The van der Waals surface area contributed by atoms with E-state index in [0.717, 1.165) is 6.07 Å². The Balaban J connectivity index is 2.36. The molecule has 0 spiro atoms. The van der Waals surface area contributed by atoms with Crippen LogP contribution in [0.2, 0.25) is 0 Å². The van der Waals surface area contributed by atoms with E-state index in [9.17, 15) is 14.3 Å². The molecule has 102 valence electrons. The van der Waals surface area contributed by atoms with E-state index in [2.05, 4.69) is 9.97 Å². The fraction of sp³-hybridized carbons (Fsp3) is 0.0769. The average Bonchev–Trinajstić information content (AvgIpc) is 2.90. The Kier molecular flexibility index (Phi) is 2.98. The molecule has 20 heavy (non-hydrogen) atoms. The highest BCUT2D eigenvalue weighted by molar-refractivity contribution is 7.98. The number of phenolic OH excluding ortho intramolecular Hbond substituents is 1. The summed E-state index contributed by atoms with van der Waals surface area (Å²) in [6.07, 6.45) is 3.41.